The van der Waals surface area contributed by atoms with Gasteiger partial charge in [-0.25, -0.2) is 4.39 Å². The lowest BCUT2D eigenvalue weighted by Gasteiger charge is -2.27. The summed E-state index contributed by atoms with van der Waals surface area (Å²) in [4.78, 5) is 2.26. The first kappa shape index (κ1) is 13.5. The maximum absolute atomic E-state index is 13.1. The zero-order chi connectivity index (χ0) is 13.2. The predicted molar refractivity (Wildman–Crippen MR) is 71.1 cm³/mol. The molecule has 2 nitrogen and oxygen atoms in total. The number of benzene rings is 1. The third kappa shape index (κ3) is 3.30. The van der Waals surface area contributed by atoms with Gasteiger partial charge in [0, 0.05) is 13.0 Å². The lowest BCUT2D eigenvalue weighted by atomic mass is 9.86. The van der Waals surface area contributed by atoms with Crippen LogP contribution in [0.2, 0.25) is 0 Å². The van der Waals surface area contributed by atoms with Crippen molar-refractivity contribution in [2.45, 2.75) is 38.2 Å². The Labute approximate surface area is 108 Å². The first-order chi connectivity index (χ1) is 8.48. The Morgan fingerprint density at radius 3 is 2.83 bits per heavy atom. The standard InChI is InChI=1S/C15H22FNO/c1-12-10-14(16)5-4-13(12)11-15(18)6-3-8-17(2)9-7-15/h4-5,10,18H,3,6-9,11H2,1-2H3. The monoisotopic (exact) mass is 251 g/mol. The Bertz CT molecular complexity index is 421. The van der Waals surface area contributed by atoms with Crippen LogP contribution in [-0.4, -0.2) is 35.7 Å². The van der Waals surface area contributed by atoms with Gasteiger partial charge in [-0.1, -0.05) is 6.07 Å². The Morgan fingerprint density at radius 1 is 1.33 bits per heavy atom. The summed E-state index contributed by atoms with van der Waals surface area (Å²) in [6.45, 7) is 3.88. The second kappa shape index (κ2) is 5.37. The van der Waals surface area contributed by atoms with Crippen LogP contribution in [0, 0.1) is 12.7 Å². The van der Waals surface area contributed by atoms with E-state index in [0.29, 0.717) is 6.42 Å². The van der Waals surface area contributed by atoms with Crippen molar-refractivity contribution in [1.29, 1.82) is 0 Å². The van der Waals surface area contributed by atoms with Gasteiger partial charge in [0.15, 0.2) is 0 Å². The molecule has 0 amide bonds. The molecule has 1 N–H and O–H groups in total. The Balaban J connectivity index is 2.11. The average molecular weight is 251 g/mol. The Kier molecular flexibility index (Phi) is 4.03. The lowest BCUT2D eigenvalue weighted by Crippen LogP contribution is -2.33. The number of nitrogens with zero attached hydrogens (tertiary/aromatic N) is 1. The van der Waals surface area contributed by atoms with E-state index >= 15 is 0 Å². The molecule has 1 aliphatic heterocycles. The molecule has 1 aromatic rings. The fraction of sp³-hybridized carbons (Fsp3) is 0.600. The molecule has 1 unspecified atom stereocenters. The van der Waals surface area contributed by atoms with Crippen molar-refractivity contribution >= 4 is 0 Å². The van der Waals surface area contributed by atoms with E-state index in [2.05, 4.69) is 11.9 Å². The molecule has 1 fully saturated rings. The van der Waals surface area contributed by atoms with E-state index in [-0.39, 0.29) is 5.82 Å². The maximum Gasteiger partial charge on any atom is 0.123 e. The number of aliphatic hydroxyl groups is 1. The van der Waals surface area contributed by atoms with Crippen molar-refractivity contribution in [2.24, 2.45) is 0 Å². The topological polar surface area (TPSA) is 23.5 Å². The second-order valence-corrected chi connectivity index (χ2v) is 5.63. The molecule has 1 atom stereocenters. The van der Waals surface area contributed by atoms with Gasteiger partial charge in [0.05, 0.1) is 5.60 Å². The third-order valence-corrected chi connectivity index (χ3v) is 3.96. The zero-order valence-corrected chi connectivity index (χ0v) is 11.2. The Morgan fingerprint density at radius 2 is 2.11 bits per heavy atom. The van der Waals surface area contributed by atoms with Gasteiger partial charge < -0.3 is 10.0 Å². The summed E-state index contributed by atoms with van der Waals surface area (Å²) >= 11 is 0. The van der Waals surface area contributed by atoms with Gasteiger partial charge in [-0.05, 0) is 63.0 Å². The minimum Gasteiger partial charge on any atom is -0.389 e. The highest BCUT2D eigenvalue weighted by atomic mass is 19.1. The van der Waals surface area contributed by atoms with E-state index in [0.717, 1.165) is 43.5 Å². The summed E-state index contributed by atoms with van der Waals surface area (Å²) in [5, 5.41) is 10.7. The molecule has 2 rings (SSSR count). The quantitative estimate of drug-likeness (QED) is 0.873. The van der Waals surface area contributed by atoms with Crippen molar-refractivity contribution in [3.05, 3.63) is 35.1 Å². The van der Waals surface area contributed by atoms with Crippen molar-refractivity contribution in [1.82, 2.24) is 4.90 Å². The molecule has 0 radical (unpaired) electrons. The number of halogens is 1. The molecular formula is C15H22FNO. The van der Waals surface area contributed by atoms with E-state index < -0.39 is 5.60 Å². The number of hydrogen-bond acceptors (Lipinski definition) is 2. The molecule has 1 aliphatic rings. The van der Waals surface area contributed by atoms with Crippen LogP contribution in [0.1, 0.15) is 30.4 Å². The van der Waals surface area contributed by atoms with Crippen molar-refractivity contribution in [3.8, 4) is 0 Å². The Hall–Kier alpha value is -0.930. The molecule has 0 aliphatic carbocycles. The summed E-state index contributed by atoms with van der Waals surface area (Å²) < 4.78 is 13.1. The molecular weight excluding hydrogens is 229 g/mol. The van der Waals surface area contributed by atoms with Crippen LogP contribution in [0.4, 0.5) is 4.39 Å². The van der Waals surface area contributed by atoms with Crippen LogP contribution in [0.15, 0.2) is 18.2 Å². The minimum absolute atomic E-state index is 0.205. The van der Waals surface area contributed by atoms with Crippen molar-refractivity contribution in [2.75, 3.05) is 20.1 Å². The summed E-state index contributed by atoms with van der Waals surface area (Å²) in [6, 6.07) is 4.83. The molecule has 0 spiro atoms. The normalized spacial score (nSPS) is 26.0. The predicted octanol–water partition coefficient (Wildman–Crippen LogP) is 2.52. The number of hydrogen-bond donors (Lipinski definition) is 1. The highest BCUT2D eigenvalue weighted by Gasteiger charge is 2.29. The van der Waals surface area contributed by atoms with Gasteiger partial charge in [-0.2, -0.15) is 0 Å². The van der Waals surface area contributed by atoms with E-state index in [9.17, 15) is 9.50 Å². The highest BCUT2D eigenvalue weighted by Crippen LogP contribution is 2.27. The minimum atomic E-state index is -0.632. The summed E-state index contributed by atoms with van der Waals surface area (Å²) in [6.07, 6.45) is 3.27. The van der Waals surface area contributed by atoms with Crippen LogP contribution in [-0.2, 0) is 6.42 Å². The van der Waals surface area contributed by atoms with Crippen LogP contribution < -0.4 is 0 Å². The molecule has 0 bridgehead atoms. The first-order valence-electron chi connectivity index (χ1n) is 6.64. The van der Waals surface area contributed by atoms with Gasteiger partial charge >= 0.3 is 0 Å². The average Bonchev–Trinajstić information content (AvgIpc) is 2.46. The molecule has 18 heavy (non-hydrogen) atoms. The van der Waals surface area contributed by atoms with Gasteiger partial charge in [-0.15, -0.1) is 0 Å². The van der Waals surface area contributed by atoms with Crippen LogP contribution in [0.25, 0.3) is 0 Å². The SMILES string of the molecule is Cc1cc(F)ccc1CC1(O)CCCN(C)CC1. The lowest BCUT2D eigenvalue weighted by molar-refractivity contribution is 0.0261. The summed E-state index contributed by atoms with van der Waals surface area (Å²) in [5.41, 5.74) is 1.36. The fourth-order valence-corrected chi connectivity index (χ4v) is 2.70. The van der Waals surface area contributed by atoms with Crippen molar-refractivity contribution < 1.29 is 9.50 Å². The second-order valence-electron chi connectivity index (χ2n) is 5.63. The molecule has 1 saturated heterocycles. The third-order valence-electron chi connectivity index (χ3n) is 3.96. The van der Waals surface area contributed by atoms with Gasteiger partial charge in [0.2, 0.25) is 0 Å². The van der Waals surface area contributed by atoms with E-state index in [1.165, 1.54) is 6.07 Å². The largest absolute Gasteiger partial charge is 0.389 e. The fourth-order valence-electron chi connectivity index (χ4n) is 2.70. The van der Waals surface area contributed by atoms with Gasteiger partial charge in [0.25, 0.3) is 0 Å². The van der Waals surface area contributed by atoms with E-state index in [1.807, 2.05) is 6.92 Å². The maximum atomic E-state index is 13.1. The summed E-state index contributed by atoms with van der Waals surface area (Å²) in [7, 11) is 2.09. The molecule has 3 heteroatoms. The molecule has 100 valence electrons. The molecule has 1 aromatic carbocycles. The first-order valence-corrected chi connectivity index (χ1v) is 6.64. The van der Waals surface area contributed by atoms with Crippen LogP contribution in [0.5, 0.6) is 0 Å². The van der Waals surface area contributed by atoms with Crippen LogP contribution in [0.3, 0.4) is 0 Å². The zero-order valence-electron chi connectivity index (χ0n) is 11.2. The molecule has 1 heterocycles. The molecule has 0 saturated carbocycles. The van der Waals surface area contributed by atoms with Gasteiger partial charge in [-0.3, -0.25) is 0 Å². The van der Waals surface area contributed by atoms with E-state index in [1.54, 1.807) is 12.1 Å². The number of aryl methyl sites for hydroxylation is 1. The van der Waals surface area contributed by atoms with E-state index in [4.69, 9.17) is 0 Å². The van der Waals surface area contributed by atoms with Gasteiger partial charge in [0.1, 0.15) is 5.82 Å². The molecule has 0 aromatic heterocycles. The number of rotatable bonds is 2. The van der Waals surface area contributed by atoms with Crippen molar-refractivity contribution in [3.63, 3.8) is 0 Å². The number of likely N-dealkylation sites (tertiary alicyclic amines) is 1. The highest BCUT2D eigenvalue weighted by molar-refractivity contribution is 5.28. The smallest absolute Gasteiger partial charge is 0.123 e. The summed E-state index contributed by atoms with van der Waals surface area (Å²) in [5.74, 6) is -0.205. The van der Waals surface area contributed by atoms with Crippen LogP contribution >= 0.6 is 0 Å².